The lowest BCUT2D eigenvalue weighted by Gasteiger charge is -2.45. The molecular weight excluding hydrogens is 530 g/mol. The van der Waals surface area contributed by atoms with Gasteiger partial charge in [-0.2, -0.15) is 0 Å². The van der Waals surface area contributed by atoms with Gasteiger partial charge in [-0.25, -0.2) is 0 Å². The summed E-state index contributed by atoms with van der Waals surface area (Å²) >= 11 is 0. The van der Waals surface area contributed by atoms with Gasteiger partial charge in [0.1, 0.15) is 0 Å². The molecular formula is C39H48P2. The van der Waals surface area contributed by atoms with Crippen LogP contribution in [0, 0.1) is 29.6 Å². The lowest BCUT2D eigenvalue weighted by Crippen LogP contribution is -2.34. The minimum Gasteiger partial charge on any atom is -0.0965 e. The second-order valence-electron chi connectivity index (χ2n) is 14.4. The monoisotopic (exact) mass is 578 g/mol. The van der Waals surface area contributed by atoms with Gasteiger partial charge < -0.3 is 0 Å². The third-order valence-electron chi connectivity index (χ3n) is 12.4. The molecule has 4 bridgehead atoms. The summed E-state index contributed by atoms with van der Waals surface area (Å²) in [4.78, 5) is 0. The molecule has 5 fully saturated rings. The minimum absolute atomic E-state index is 0.111. The molecule has 3 aromatic carbocycles. The topological polar surface area (TPSA) is 0 Å². The zero-order valence-electron chi connectivity index (χ0n) is 25.0. The van der Waals surface area contributed by atoms with E-state index in [0.29, 0.717) is 0 Å². The largest absolute Gasteiger partial charge is 0.0965 e. The summed E-state index contributed by atoms with van der Waals surface area (Å²) in [7, 11) is -0.446. The first-order chi connectivity index (χ1) is 20.2. The van der Waals surface area contributed by atoms with Gasteiger partial charge in [0.15, 0.2) is 0 Å². The van der Waals surface area contributed by atoms with E-state index in [4.69, 9.17) is 0 Å². The Morgan fingerprint density at radius 2 is 1.15 bits per heavy atom. The molecule has 3 aromatic rings. The highest BCUT2D eigenvalue weighted by Gasteiger charge is 2.53. The maximum absolute atomic E-state index is 2.80. The Bertz CT molecular complexity index is 1250. The van der Waals surface area contributed by atoms with Gasteiger partial charge in [-0.05, 0) is 133 Å². The summed E-state index contributed by atoms with van der Waals surface area (Å²) in [6.45, 7) is 2.80. The molecule has 0 heterocycles. The fourth-order valence-electron chi connectivity index (χ4n) is 10.8. The molecule has 7 unspecified atom stereocenters. The van der Waals surface area contributed by atoms with Crippen molar-refractivity contribution < 1.29 is 0 Å². The van der Waals surface area contributed by atoms with Crippen LogP contribution >= 0.6 is 15.8 Å². The second kappa shape index (κ2) is 11.5. The third kappa shape index (κ3) is 4.98. The molecule has 0 saturated heterocycles. The standard InChI is InChI=1S/C39H48P2/c1-27(40(38-25-28-19-21-30(38)23-28)39-26-29-20-22-31(39)24-29)34-16-10-17-35(34)36-15-8-9-18-37(36)41(32-11-4-2-5-12-32)33-13-6-3-7-14-33/h2-9,11-15,18,27-31,34-35,38-39H,10,16-17,19-26H2,1H3/t27-,28?,29?,30?,31?,34?,35+,38?,39?,40?/m1/s1. The van der Waals surface area contributed by atoms with E-state index in [1.54, 1.807) is 62.2 Å². The van der Waals surface area contributed by atoms with Crippen molar-refractivity contribution in [1.29, 1.82) is 0 Å². The van der Waals surface area contributed by atoms with E-state index in [2.05, 4.69) is 91.9 Å². The van der Waals surface area contributed by atoms with E-state index in [9.17, 15) is 0 Å². The van der Waals surface area contributed by atoms with Crippen molar-refractivity contribution in [2.45, 2.75) is 100 Å². The van der Waals surface area contributed by atoms with Crippen molar-refractivity contribution in [2.75, 3.05) is 0 Å². The molecule has 0 amide bonds. The van der Waals surface area contributed by atoms with E-state index in [-0.39, 0.29) is 7.92 Å². The number of benzene rings is 3. The van der Waals surface area contributed by atoms with Gasteiger partial charge in [0.05, 0.1) is 0 Å². The average molecular weight is 579 g/mol. The summed E-state index contributed by atoms with van der Waals surface area (Å²) in [6.07, 6.45) is 16.9. The van der Waals surface area contributed by atoms with E-state index in [1.165, 1.54) is 29.9 Å². The Morgan fingerprint density at radius 1 is 0.585 bits per heavy atom. The van der Waals surface area contributed by atoms with Gasteiger partial charge in [-0.15, -0.1) is 0 Å². The summed E-state index contributed by atoms with van der Waals surface area (Å²) in [5.74, 6) is 5.96. The maximum atomic E-state index is 2.80. The van der Waals surface area contributed by atoms with Crippen LogP contribution in [0.3, 0.4) is 0 Å². The first-order valence-electron chi connectivity index (χ1n) is 17.0. The van der Waals surface area contributed by atoms with Crippen LogP contribution in [-0.4, -0.2) is 17.0 Å². The van der Waals surface area contributed by atoms with Crippen LogP contribution in [0.2, 0.25) is 0 Å². The smallest absolute Gasteiger partial charge is 0.0116 e. The molecule has 5 saturated carbocycles. The Labute approximate surface area is 251 Å². The van der Waals surface area contributed by atoms with Crippen LogP contribution in [0.4, 0.5) is 0 Å². The van der Waals surface area contributed by atoms with Gasteiger partial charge in [0.2, 0.25) is 0 Å². The maximum Gasteiger partial charge on any atom is -0.0116 e. The normalized spacial score (nSPS) is 35.4. The van der Waals surface area contributed by atoms with Crippen molar-refractivity contribution in [3.63, 3.8) is 0 Å². The molecule has 5 aliphatic carbocycles. The lowest BCUT2D eigenvalue weighted by molar-refractivity contribution is 0.433. The molecule has 0 N–H and O–H groups in total. The highest BCUT2D eigenvalue weighted by Crippen LogP contribution is 2.71. The van der Waals surface area contributed by atoms with Crippen LogP contribution in [0.15, 0.2) is 84.9 Å². The quantitative estimate of drug-likeness (QED) is 0.234. The fraction of sp³-hybridized carbons (Fsp3) is 0.538. The molecule has 0 radical (unpaired) electrons. The first kappa shape index (κ1) is 27.1. The number of fused-ring (bicyclic) bond motifs is 4. The number of hydrogen-bond donors (Lipinski definition) is 0. The summed E-state index contributed by atoms with van der Waals surface area (Å²) in [5.41, 5.74) is 4.84. The van der Waals surface area contributed by atoms with Crippen LogP contribution in [0.5, 0.6) is 0 Å². The van der Waals surface area contributed by atoms with Crippen LogP contribution in [0.1, 0.15) is 89.0 Å². The van der Waals surface area contributed by atoms with E-state index < -0.39 is 7.92 Å². The van der Waals surface area contributed by atoms with Crippen LogP contribution < -0.4 is 15.9 Å². The molecule has 0 spiro atoms. The minimum atomic E-state index is -0.557. The predicted molar refractivity (Wildman–Crippen MR) is 180 cm³/mol. The van der Waals surface area contributed by atoms with Crippen molar-refractivity contribution in [3.8, 4) is 0 Å². The SMILES string of the molecule is C[C@H](C1CCC[C@@H]1c1ccccc1P(c1ccccc1)c1ccccc1)P(C1CC2CCC1C2)C1CC2CCC1C2. The molecule has 2 heteroatoms. The molecule has 0 aliphatic heterocycles. The van der Waals surface area contributed by atoms with Crippen molar-refractivity contribution in [2.24, 2.45) is 29.6 Å². The average Bonchev–Trinajstić information content (AvgIpc) is 3.86. The second-order valence-corrected chi connectivity index (χ2v) is 19.7. The molecule has 214 valence electrons. The van der Waals surface area contributed by atoms with E-state index in [0.717, 1.165) is 52.5 Å². The van der Waals surface area contributed by atoms with Gasteiger partial charge in [0, 0.05) is 0 Å². The Kier molecular flexibility index (Phi) is 7.63. The molecule has 9 atom stereocenters. The van der Waals surface area contributed by atoms with Crippen molar-refractivity contribution >= 4 is 31.8 Å². The lowest BCUT2D eigenvalue weighted by atomic mass is 9.87. The molecule has 41 heavy (non-hydrogen) atoms. The van der Waals surface area contributed by atoms with Crippen molar-refractivity contribution in [3.05, 3.63) is 90.5 Å². The number of hydrogen-bond acceptors (Lipinski definition) is 0. The zero-order valence-corrected chi connectivity index (χ0v) is 26.7. The highest BCUT2D eigenvalue weighted by atomic mass is 31.1. The number of rotatable bonds is 8. The summed E-state index contributed by atoms with van der Waals surface area (Å²) in [5, 5.41) is 4.62. The predicted octanol–water partition coefficient (Wildman–Crippen LogP) is 9.58. The van der Waals surface area contributed by atoms with Crippen molar-refractivity contribution in [1.82, 2.24) is 0 Å². The molecule has 0 nitrogen and oxygen atoms in total. The third-order valence-corrected chi connectivity index (χ3v) is 19.1. The summed E-state index contributed by atoms with van der Waals surface area (Å²) < 4.78 is 0. The van der Waals surface area contributed by atoms with Crippen LogP contribution in [-0.2, 0) is 0 Å². The molecule has 5 aliphatic rings. The van der Waals surface area contributed by atoms with Gasteiger partial charge in [0.25, 0.3) is 0 Å². The highest BCUT2D eigenvalue weighted by molar-refractivity contribution is 7.79. The van der Waals surface area contributed by atoms with Crippen LogP contribution in [0.25, 0.3) is 0 Å². The fourth-order valence-corrected chi connectivity index (χ4v) is 18.4. The van der Waals surface area contributed by atoms with Gasteiger partial charge in [-0.1, -0.05) is 119 Å². The first-order valence-corrected chi connectivity index (χ1v) is 19.9. The summed E-state index contributed by atoms with van der Waals surface area (Å²) in [6, 6.07) is 32.6. The Morgan fingerprint density at radius 3 is 1.68 bits per heavy atom. The van der Waals surface area contributed by atoms with E-state index in [1.807, 2.05) is 0 Å². The zero-order chi connectivity index (χ0) is 27.3. The Hall–Kier alpha value is -1.48. The van der Waals surface area contributed by atoms with Gasteiger partial charge >= 0.3 is 0 Å². The Balaban J connectivity index is 1.16. The van der Waals surface area contributed by atoms with E-state index >= 15 is 0 Å². The molecule has 0 aromatic heterocycles. The molecule has 8 rings (SSSR count). The van der Waals surface area contributed by atoms with Gasteiger partial charge in [-0.3, -0.25) is 0 Å².